The molecule has 0 N–H and O–H groups in total. The van der Waals surface area contributed by atoms with E-state index in [1.54, 1.807) is 0 Å². The van der Waals surface area contributed by atoms with Crippen LogP contribution in [0.4, 0.5) is 0 Å². The van der Waals surface area contributed by atoms with Crippen molar-refractivity contribution in [2.75, 3.05) is 0 Å². The third-order valence-corrected chi connectivity index (χ3v) is 2.73. The second-order valence-corrected chi connectivity index (χ2v) is 4.02. The number of rotatable bonds is 5. The van der Waals surface area contributed by atoms with Gasteiger partial charge in [-0.3, -0.25) is 4.79 Å². The van der Waals surface area contributed by atoms with Crippen LogP contribution in [-0.2, 0) is 11.2 Å². The highest BCUT2D eigenvalue weighted by Crippen LogP contribution is 2.12. The van der Waals surface area contributed by atoms with Crippen LogP contribution >= 0.6 is 0 Å². The molecule has 0 aliphatic carbocycles. The molecule has 0 heterocycles. The summed E-state index contributed by atoms with van der Waals surface area (Å²) < 4.78 is 0. The van der Waals surface area contributed by atoms with Crippen LogP contribution in [0.15, 0.2) is 42.5 Å². The van der Waals surface area contributed by atoms with Gasteiger partial charge in [-0.05, 0) is 18.9 Å². The van der Waals surface area contributed by atoms with Crippen molar-refractivity contribution in [1.29, 1.82) is 0 Å². The Morgan fingerprint density at radius 2 is 1.93 bits per heavy atom. The molecule has 0 amide bonds. The van der Waals surface area contributed by atoms with Crippen molar-refractivity contribution in [3.63, 3.8) is 0 Å². The lowest BCUT2D eigenvalue weighted by molar-refractivity contribution is -0.121. The molecule has 0 fully saturated rings. The monoisotopic (exact) mass is 202 g/mol. The number of hydrogen-bond donors (Lipinski definition) is 0. The minimum Gasteiger partial charge on any atom is -0.299 e. The van der Waals surface area contributed by atoms with E-state index < -0.39 is 0 Å². The Morgan fingerprint density at radius 1 is 1.33 bits per heavy atom. The SMILES string of the molecule is C=C(C)C(C)C(=O)CCc1ccccc1. The Hall–Kier alpha value is -1.37. The lowest BCUT2D eigenvalue weighted by atomic mass is 9.95. The molecule has 1 rings (SSSR count). The van der Waals surface area contributed by atoms with Crippen molar-refractivity contribution < 1.29 is 4.79 Å². The van der Waals surface area contributed by atoms with Crippen molar-refractivity contribution in [2.45, 2.75) is 26.7 Å². The number of carbonyl (C=O) groups excluding carboxylic acids is 1. The minimum absolute atomic E-state index is 0.00582. The second kappa shape index (κ2) is 5.50. The van der Waals surface area contributed by atoms with Crippen LogP contribution in [0.25, 0.3) is 0 Å². The average molecular weight is 202 g/mol. The Kier molecular flexibility index (Phi) is 4.29. The van der Waals surface area contributed by atoms with Crippen LogP contribution in [0.1, 0.15) is 25.8 Å². The van der Waals surface area contributed by atoms with Gasteiger partial charge in [-0.15, -0.1) is 0 Å². The highest BCUT2D eigenvalue weighted by Gasteiger charge is 2.12. The van der Waals surface area contributed by atoms with E-state index in [0.29, 0.717) is 6.42 Å². The predicted octanol–water partition coefficient (Wildman–Crippen LogP) is 3.40. The molecule has 0 bridgehead atoms. The van der Waals surface area contributed by atoms with Gasteiger partial charge < -0.3 is 0 Å². The Bertz CT molecular complexity index is 338. The molecular weight excluding hydrogens is 184 g/mol. The van der Waals surface area contributed by atoms with E-state index in [1.165, 1.54) is 5.56 Å². The molecule has 0 saturated carbocycles. The van der Waals surface area contributed by atoms with Crippen molar-refractivity contribution in [3.8, 4) is 0 Å². The summed E-state index contributed by atoms with van der Waals surface area (Å²) in [7, 11) is 0. The first-order chi connectivity index (χ1) is 7.11. The standard InChI is InChI=1S/C14H18O/c1-11(2)12(3)14(15)10-9-13-7-5-4-6-8-13/h4-8,12H,1,9-10H2,2-3H3. The van der Waals surface area contributed by atoms with Crippen LogP contribution in [0.3, 0.4) is 0 Å². The van der Waals surface area contributed by atoms with Gasteiger partial charge in [-0.1, -0.05) is 49.4 Å². The first kappa shape index (κ1) is 11.7. The molecule has 1 unspecified atom stereocenters. The molecule has 0 radical (unpaired) electrons. The molecule has 1 heteroatoms. The van der Waals surface area contributed by atoms with Gasteiger partial charge in [0.2, 0.25) is 0 Å². The van der Waals surface area contributed by atoms with Gasteiger partial charge in [0.25, 0.3) is 0 Å². The molecule has 15 heavy (non-hydrogen) atoms. The van der Waals surface area contributed by atoms with Crippen molar-refractivity contribution in [3.05, 3.63) is 48.0 Å². The van der Waals surface area contributed by atoms with Crippen LogP contribution in [0.5, 0.6) is 0 Å². The van der Waals surface area contributed by atoms with Gasteiger partial charge in [0.15, 0.2) is 0 Å². The normalized spacial score (nSPS) is 12.1. The number of carbonyl (C=O) groups is 1. The maximum Gasteiger partial charge on any atom is 0.140 e. The molecule has 0 aliphatic rings. The van der Waals surface area contributed by atoms with Crippen molar-refractivity contribution in [1.82, 2.24) is 0 Å². The number of benzene rings is 1. The van der Waals surface area contributed by atoms with Gasteiger partial charge in [-0.2, -0.15) is 0 Å². The first-order valence-electron chi connectivity index (χ1n) is 5.33. The van der Waals surface area contributed by atoms with E-state index >= 15 is 0 Å². The zero-order valence-electron chi connectivity index (χ0n) is 9.49. The zero-order valence-corrected chi connectivity index (χ0v) is 9.49. The van der Waals surface area contributed by atoms with Gasteiger partial charge in [0, 0.05) is 12.3 Å². The molecule has 0 saturated heterocycles. The first-order valence-corrected chi connectivity index (χ1v) is 5.33. The van der Waals surface area contributed by atoms with Crippen LogP contribution in [-0.4, -0.2) is 5.78 Å². The predicted molar refractivity (Wildman–Crippen MR) is 63.7 cm³/mol. The van der Waals surface area contributed by atoms with E-state index in [4.69, 9.17) is 0 Å². The smallest absolute Gasteiger partial charge is 0.140 e. The summed E-state index contributed by atoms with van der Waals surface area (Å²) in [4.78, 5) is 11.7. The summed E-state index contributed by atoms with van der Waals surface area (Å²) in [5.74, 6) is 0.278. The van der Waals surface area contributed by atoms with Crippen LogP contribution < -0.4 is 0 Å². The van der Waals surface area contributed by atoms with Crippen LogP contribution in [0, 0.1) is 5.92 Å². The fourth-order valence-electron chi connectivity index (χ4n) is 1.40. The molecule has 0 spiro atoms. The summed E-state index contributed by atoms with van der Waals surface area (Å²) in [6.07, 6.45) is 1.44. The number of Topliss-reactive ketones (excluding diaryl/α,β-unsaturated/α-hetero) is 1. The van der Waals surface area contributed by atoms with E-state index in [0.717, 1.165) is 12.0 Å². The van der Waals surface area contributed by atoms with Gasteiger partial charge in [-0.25, -0.2) is 0 Å². The third-order valence-electron chi connectivity index (χ3n) is 2.73. The van der Waals surface area contributed by atoms with Gasteiger partial charge >= 0.3 is 0 Å². The third kappa shape index (κ3) is 3.70. The zero-order chi connectivity index (χ0) is 11.3. The highest BCUT2D eigenvalue weighted by molar-refractivity contribution is 5.83. The quantitative estimate of drug-likeness (QED) is 0.669. The fourth-order valence-corrected chi connectivity index (χ4v) is 1.40. The van der Waals surface area contributed by atoms with Crippen molar-refractivity contribution in [2.24, 2.45) is 5.92 Å². The minimum atomic E-state index is -0.00582. The number of aryl methyl sites for hydroxylation is 1. The lowest BCUT2D eigenvalue weighted by Gasteiger charge is -2.09. The summed E-state index contributed by atoms with van der Waals surface area (Å²) in [6, 6.07) is 10.1. The second-order valence-electron chi connectivity index (χ2n) is 4.02. The number of allylic oxidation sites excluding steroid dienone is 1. The summed E-state index contributed by atoms with van der Waals surface area (Å²) >= 11 is 0. The number of hydrogen-bond acceptors (Lipinski definition) is 1. The molecular formula is C14H18O. The molecule has 1 atom stereocenters. The summed E-state index contributed by atoms with van der Waals surface area (Å²) in [6.45, 7) is 7.64. The molecule has 1 aromatic carbocycles. The largest absolute Gasteiger partial charge is 0.299 e. The number of ketones is 1. The van der Waals surface area contributed by atoms with E-state index in [1.807, 2.05) is 32.0 Å². The summed E-state index contributed by atoms with van der Waals surface area (Å²) in [5.41, 5.74) is 2.17. The topological polar surface area (TPSA) is 17.1 Å². The van der Waals surface area contributed by atoms with E-state index in [-0.39, 0.29) is 11.7 Å². The Labute approximate surface area is 91.8 Å². The van der Waals surface area contributed by atoms with Gasteiger partial charge in [0.1, 0.15) is 5.78 Å². The Morgan fingerprint density at radius 3 is 2.47 bits per heavy atom. The molecule has 80 valence electrons. The molecule has 1 aromatic rings. The highest BCUT2D eigenvalue weighted by atomic mass is 16.1. The maximum atomic E-state index is 11.7. The maximum absolute atomic E-state index is 11.7. The van der Waals surface area contributed by atoms with E-state index in [2.05, 4.69) is 18.7 Å². The van der Waals surface area contributed by atoms with Crippen LogP contribution in [0.2, 0.25) is 0 Å². The molecule has 1 nitrogen and oxygen atoms in total. The van der Waals surface area contributed by atoms with Gasteiger partial charge in [0.05, 0.1) is 0 Å². The fraction of sp³-hybridized carbons (Fsp3) is 0.357. The lowest BCUT2D eigenvalue weighted by Crippen LogP contribution is -2.12. The van der Waals surface area contributed by atoms with E-state index in [9.17, 15) is 4.79 Å². The molecule has 0 aliphatic heterocycles. The summed E-state index contributed by atoms with van der Waals surface area (Å²) in [5, 5.41) is 0. The Balaban J connectivity index is 2.44. The average Bonchev–Trinajstić information content (AvgIpc) is 2.26. The van der Waals surface area contributed by atoms with Crippen molar-refractivity contribution >= 4 is 5.78 Å². The molecule has 0 aromatic heterocycles.